The minimum atomic E-state index is 0. The lowest BCUT2D eigenvalue weighted by Crippen LogP contribution is -2.17. The van der Waals surface area contributed by atoms with E-state index < -0.39 is 0 Å². The van der Waals surface area contributed by atoms with E-state index in [0.29, 0.717) is 33.2 Å². The van der Waals surface area contributed by atoms with E-state index in [1.807, 2.05) is 54.6 Å². The average Bonchev–Trinajstić information content (AvgIpc) is 2.67. The van der Waals surface area contributed by atoms with Gasteiger partial charge >= 0.3 is 0 Å². The smallest absolute Gasteiger partial charge is 0.124 e. The largest absolute Gasteiger partial charge is 0.489 e. The molecule has 0 radical (unpaired) electrons. The molecule has 154 valence electrons. The topological polar surface area (TPSA) is 21.3 Å². The number of benzene rings is 3. The van der Waals surface area contributed by atoms with E-state index >= 15 is 0 Å². The molecule has 3 aromatic carbocycles. The Morgan fingerprint density at radius 2 is 1.38 bits per heavy atom. The summed E-state index contributed by atoms with van der Waals surface area (Å²) in [5.74, 6) is 0.802. The molecule has 7 heteroatoms. The summed E-state index contributed by atoms with van der Waals surface area (Å²) in [6, 6.07) is 18.8. The lowest BCUT2D eigenvalue weighted by Gasteiger charge is -2.13. The fraction of sp³-hybridized carbons (Fsp3) is 0.182. The molecule has 0 bridgehead atoms. The van der Waals surface area contributed by atoms with Crippen LogP contribution in [0.4, 0.5) is 0 Å². The Kier molecular flexibility index (Phi) is 9.91. The van der Waals surface area contributed by atoms with Crippen molar-refractivity contribution in [2.75, 3.05) is 6.54 Å². The van der Waals surface area contributed by atoms with Crippen molar-refractivity contribution in [2.45, 2.75) is 19.6 Å². The third-order valence-corrected chi connectivity index (χ3v) is 5.31. The Morgan fingerprint density at radius 1 is 0.724 bits per heavy atom. The highest BCUT2D eigenvalue weighted by Gasteiger charge is 2.07. The van der Waals surface area contributed by atoms with Gasteiger partial charge in [-0.05, 0) is 66.6 Å². The molecule has 0 fully saturated rings. The summed E-state index contributed by atoms with van der Waals surface area (Å²) in [6.45, 7) is 1.87. The van der Waals surface area contributed by atoms with Gasteiger partial charge < -0.3 is 10.1 Å². The van der Waals surface area contributed by atoms with Crippen LogP contribution in [0.15, 0.2) is 60.7 Å². The first-order valence-corrected chi connectivity index (χ1v) is 10.3. The maximum atomic E-state index is 6.22. The Hall–Kier alpha value is -1.13. The lowest BCUT2D eigenvalue weighted by atomic mass is 10.1. The maximum Gasteiger partial charge on any atom is 0.124 e. The van der Waals surface area contributed by atoms with Crippen molar-refractivity contribution < 1.29 is 4.74 Å². The van der Waals surface area contributed by atoms with Crippen molar-refractivity contribution in [3.63, 3.8) is 0 Å². The molecule has 0 unspecified atom stereocenters. The molecule has 2 nitrogen and oxygen atoms in total. The third-order valence-electron chi connectivity index (χ3n) is 4.23. The van der Waals surface area contributed by atoms with E-state index in [1.54, 1.807) is 6.07 Å². The van der Waals surface area contributed by atoms with Crippen LogP contribution in [0.1, 0.15) is 16.7 Å². The van der Waals surface area contributed by atoms with Gasteiger partial charge in [-0.1, -0.05) is 64.6 Å². The summed E-state index contributed by atoms with van der Waals surface area (Å²) in [5, 5.41) is 6.13. The van der Waals surface area contributed by atoms with Gasteiger partial charge in [-0.15, -0.1) is 12.4 Å². The van der Waals surface area contributed by atoms with Gasteiger partial charge in [0.2, 0.25) is 0 Å². The molecule has 3 rings (SSSR count). The molecule has 0 aliphatic heterocycles. The standard InChI is InChI=1S/C22H19Cl4NO.ClH/c23-18-4-1-15(2-5-18)14-28-22-8-7-19(24)11-17(22)13-27-10-9-16-3-6-20(25)12-21(16)26;/h1-8,11-12,27H,9-10,13-14H2;1H. The quantitative estimate of drug-likeness (QED) is 0.327. The second-order valence-electron chi connectivity index (χ2n) is 6.33. The first-order valence-electron chi connectivity index (χ1n) is 8.81. The molecular weight excluding hydrogens is 472 g/mol. The van der Waals surface area contributed by atoms with Gasteiger partial charge in [-0.3, -0.25) is 0 Å². The number of ether oxygens (including phenoxy) is 1. The lowest BCUT2D eigenvalue weighted by molar-refractivity contribution is 0.302. The minimum Gasteiger partial charge on any atom is -0.489 e. The van der Waals surface area contributed by atoms with Crippen LogP contribution in [-0.2, 0) is 19.6 Å². The number of halogens is 5. The van der Waals surface area contributed by atoms with E-state index in [-0.39, 0.29) is 12.4 Å². The molecule has 29 heavy (non-hydrogen) atoms. The van der Waals surface area contributed by atoms with Crippen LogP contribution < -0.4 is 10.1 Å². The van der Waals surface area contributed by atoms with Gasteiger partial charge in [0.25, 0.3) is 0 Å². The van der Waals surface area contributed by atoms with Gasteiger partial charge in [-0.2, -0.15) is 0 Å². The molecule has 0 heterocycles. The molecule has 3 aromatic rings. The molecule has 0 amide bonds. The summed E-state index contributed by atoms with van der Waals surface area (Å²) >= 11 is 24.3. The van der Waals surface area contributed by atoms with Crippen molar-refractivity contribution in [3.8, 4) is 5.75 Å². The van der Waals surface area contributed by atoms with Crippen molar-refractivity contribution in [2.24, 2.45) is 0 Å². The van der Waals surface area contributed by atoms with Crippen molar-refractivity contribution >= 4 is 58.8 Å². The molecule has 0 spiro atoms. The Morgan fingerprint density at radius 3 is 2.10 bits per heavy atom. The van der Waals surface area contributed by atoms with E-state index in [1.165, 1.54) is 0 Å². The van der Waals surface area contributed by atoms with Crippen LogP contribution in [0.5, 0.6) is 5.75 Å². The first kappa shape index (κ1) is 24.1. The summed E-state index contributed by atoms with van der Waals surface area (Å²) in [5.41, 5.74) is 3.11. The summed E-state index contributed by atoms with van der Waals surface area (Å²) < 4.78 is 5.99. The van der Waals surface area contributed by atoms with Crippen LogP contribution in [-0.4, -0.2) is 6.54 Å². The second-order valence-corrected chi connectivity index (χ2v) is 8.05. The van der Waals surface area contributed by atoms with E-state index in [4.69, 9.17) is 51.1 Å². The van der Waals surface area contributed by atoms with Crippen LogP contribution in [0, 0.1) is 0 Å². The molecule has 0 atom stereocenters. The minimum absolute atomic E-state index is 0. The average molecular weight is 492 g/mol. The fourth-order valence-electron chi connectivity index (χ4n) is 2.74. The number of nitrogens with one attached hydrogen (secondary N) is 1. The third kappa shape index (κ3) is 7.57. The zero-order chi connectivity index (χ0) is 19.9. The zero-order valence-corrected chi connectivity index (χ0v) is 19.3. The first-order chi connectivity index (χ1) is 13.5. The Balaban J connectivity index is 0.00000300. The Bertz CT molecular complexity index is 931. The highest BCUT2D eigenvalue weighted by atomic mass is 35.5. The van der Waals surface area contributed by atoms with Crippen molar-refractivity contribution in [3.05, 3.63) is 97.4 Å². The van der Waals surface area contributed by atoms with Gasteiger partial charge in [0, 0.05) is 32.2 Å². The van der Waals surface area contributed by atoms with Gasteiger partial charge in [0.15, 0.2) is 0 Å². The summed E-state index contributed by atoms with van der Waals surface area (Å²) in [6.07, 6.45) is 0.803. The fourth-order valence-corrected chi connectivity index (χ4v) is 3.56. The number of rotatable bonds is 8. The number of hydrogen-bond acceptors (Lipinski definition) is 2. The van der Waals surface area contributed by atoms with Gasteiger partial charge in [0.05, 0.1) is 0 Å². The predicted octanol–water partition coefficient (Wildman–Crippen LogP) is 7.63. The summed E-state index contributed by atoms with van der Waals surface area (Å²) in [7, 11) is 0. The van der Waals surface area contributed by atoms with Gasteiger partial charge in [-0.25, -0.2) is 0 Å². The molecule has 0 aliphatic rings. The highest BCUT2D eigenvalue weighted by molar-refractivity contribution is 6.35. The monoisotopic (exact) mass is 489 g/mol. The molecule has 0 aliphatic carbocycles. The molecule has 0 saturated carbocycles. The van der Waals surface area contributed by atoms with Crippen molar-refractivity contribution in [1.29, 1.82) is 0 Å². The molecular formula is C22H20Cl5NO. The van der Waals surface area contributed by atoms with Gasteiger partial charge in [0.1, 0.15) is 12.4 Å². The SMILES string of the molecule is Cl.Clc1ccc(COc2ccc(Cl)cc2CNCCc2ccc(Cl)cc2Cl)cc1. The molecule has 0 saturated heterocycles. The van der Waals surface area contributed by atoms with E-state index in [2.05, 4.69) is 5.32 Å². The Labute approximate surface area is 197 Å². The summed E-state index contributed by atoms with van der Waals surface area (Å²) in [4.78, 5) is 0. The van der Waals surface area contributed by atoms with Crippen LogP contribution >= 0.6 is 58.8 Å². The van der Waals surface area contributed by atoms with Crippen LogP contribution in [0.3, 0.4) is 0 Å². The van der Waals surface area contributed by atoms with Crippen molar-refractivity contribution in [1.82, 2.24) is 5.32 Å². The predicted molar refractivity (Wildman–Crippen MR) is 126 cm³/mol. The zero-order valence-electron chi connectivity index (χ0n) is 15.4. The highest BCUT2D eigenvalue weighted by Crippen LogP contribution is 2.25. The number of hydrogen-bond donors (Lipinski definition) is 1. The van der Waals surface area contributed by atoms with E-state index in [0.717, 1.165) is 35.4 Å². The van der Waals surface area contributed by atoms with E-state index in [9.17, 15) is 0 Å². The molecule has 0 aromatic heterocycles. The normalized spacial score (nSPS) is 10.5. The van der Waals surface area contributed by atoms with Crippen LogP contribution in [0.25, 0.3) is 0 Å². The second kappa shape index (κ2) is 11.9. The maximum absolute atomic E-state index is 6.22. The van der Waals surface area contributed by atoms with Crippen LogP contribution in [0.2, 0.25) is 20.1 Å². The molecule has 1 N–H and O–H groups in total.